The number of aromatic hydroxyl groups is 3. The zero-order valence-electron chi connectivity index (χ0n) is 24.5. The van der Waals surface area contributed by atoms with E-state index in [1.54, 1.807) is 30.3 Å². The van der Waals surface area contributed by atoms with Crippen molar-refractivity contribution >= 4 is 0 Å². The van der Waals surface area contributed by atoms with Gasteiger partial charge in [0.25, 0.3) is 0 Å². The van der Waals surface area contributed by atoms with E-state index in [-0.39, 0.29) is 34.7 Å². The molecule has 42 heavy (non-hydrogen) atoms. The van der Waals surface area contributed by atoms with Crippen molar-refractivity contribution in [2.24, 2.45) is 0 Å². The maximum Gasteiger partial charge on any atom is 0.167 e. The molecule has 3 N–H and O–H groups in total. The molecule has 4 aromatic rings. The Kier molecular flexibility index (Phi) is 10.8. The standard InChI is InChI=1S/C33H39N3O6/c1-4-7-16-40-23-11-14-25(28(38)20-23)31-34-32(26-15-12-24(21-29(26)39)41-17-8-5-2)36-33(35-31)27-13-10-22(37)19-30(27)42-18-9-6-3/h10-15,19-21,37-39H,4-9,16-18H2,1-3H3. The van der Waals surface area contributed by atoms with Crippen molar-refractivity contribution in [1.29, 1.82) is 0 Å². The van der Waals surface area contributed by atoms with Crippen molar-refractivity contribution in [2.45, 2.75) is 59.3 Å². The van der Waals surface area contributed by atoms with E-state index in [0.717, 1.165) is 38.5 Å². The minimum absolute atomic E-state index is 0.0485. The molecule has 0 aliphatic rings. The van der Waals surface area contributed by atoms with Crippen LogP contribution in [0, 0.1) is 0 Å². The zero-order chi connectivity index (χ0) is 29.9. The molecule has 0 saturated heterocycles. The summed E-state index contributed by atoms with van der Waals surface area (Å²) in [7, 11) is 0. The lowest BCUT2D eigenvalue weighted by Gasteiger charge is -2.14. The number of aromatic nitrogens is 3. The van der Waals surface area contributed by atoms with Gasteiger partial charge in [-0.25, -0.2) is 15.0 Å². The number of ether oxygens (including phenoxy) is 3. The molecule has 9 heteroatoms. The molecule has 222 valence electrons. The van der Waals surface area contributed by atoms with Crippen molar-refractivity contribution < 1.29 is 29.5 Å². The molecular formula is C33H39N3O6. The van der Waals surface area contributed by atoms with E-state index in [2.05, 4.69) is 25.8 Å². The number of unbranched alkanes of at least 4 members (excludes halogenated alkanes) is 3. The van der Waals surface area contributed by atoms with Gasteiger partial charge < -0.3 is 29.5 Å². The van der Waals surface area contributed by atoms with Crippen LogP contribution in [0.5, 0.6) is 34.5 Å². The number of benzene rings is 3. The van der Waals surface area contributed by atoms with Crippen LogP contribution in [-0.2, 0) is 0 Å². The van der Waals surface area contributed by atoms with Crippen LogP contribution < -0.4 is 14.2 Å². The van der Waals surface area contributed by atoms with Crippen molar-refractivity contribution in [3.63, 3.8) is 0 Å². The van der Waals surface area contributed by atoms with E-state index in [1.807, 2.05) is 0 Å². The number of nitrogens with zero attached hydrogens (tertiary/aromatic N) is 3. The minimum Gasteiger partial charge on any atom is -0.508 e. The van der Waals surface area contributed by atoms with Gasteiger partial charge in [-0.3, -0.25) is 0 Å². The second-order valence-corrected chi connectivity index (χ2v) is 9.95. The molecule has 4 rings (SSSR count). The van der Waals surface area contributed by atoms with Crippen molar-refractivity contribution in [2.75, 3.05) is 19.8 Å². The lowest BCUT2D eigenvalue weighted by molar-refractivity contribution is 0.307. The molecule has 0 unspecified atom stereocenters. The fourth-order valence-corrected chi connectivity index (χ4v) is 4.13. The van der Waals surface area contributed by atoms with Crippen LogP contribution in [0.3, 0.4) is 0 Å². The van der Waals surface area contributed by atoms with Crippen molar-refractivity contribution in [3.05, 3.63) is 54.6 Å². The SMILES string of the molecule is CCCCOc1ccc(-c2nc(-c3ccc(OCCCC)cc3O)nc(-c3ccc(O)cc3OCCCC)n2)c(O)c1. The third-order valence-corrected chi connectivity index (χ3v) is 6.55. The van der Waals surface area contributed by atoms with Gasteiger partial charge in [-0.1, -0.05) is 40.0 Å². The molecule has 1 aromatic heterocycles. The second-order valence-electron chi connectivity index (χ2n) is 9.95. The molecule has 3 aromatic carbocycles. The molecule has 0 bridgehead atoms. The van der Waals surface area contributed by atoms with Crippen LogP contribution in [0.15, 0.2) is 54.6 Å². The molecule has 0 saturated carbocycles. The second kappa shape index (κ2) is 14.9. The fourth-order valence-electron chi connectivity index (χ4n) is 4.13. The topological polar surface area (TPSA) is 127 Å². The summed E-state index contributed by atoms with van der Waals surface area (Å²) in [5.74, 6) is 2.09. The Morgan fingerprint density at radius 3 is 1.40 bits per heavy atom. The van der Waals surface area contributed by atoms with E-state index in [0.29, 0.717) is 53.8 Å². The maximum atomic E-state index is 10.9. The van der Waals surface area contributed by atoms with Gasteiger partial charge in [-0.2, -0.15) is 0 Å². The number of phenolic OH excluding ortho intramolecular Hbond substituents is 3. The summed E-state index contributed by atoms with van der Waals surface area (Å²) in [6, 6.07) is 14.7. The van der Waals surface area contributed by atoms with E-state index >= 15 is 0 Å². The molecule has 0 atom stereocenters. The highest BCUT2D eigenvalue weighted by molar-refractivity contribution is 5.74. The van der Waals surface area contributed by atoms with Crippen molar-refractivity contribution in [3.8, 4) is 68.7 Å². The van der Waals surface area contributed by atoms with Crippen molar-refractivity contribution in [1.82, 2.24) is 15.0 Å². The molecule has 0 aliphatic heterocycles. The molecule has 1 heterocycles. The quantitative estimate of drug-likeness (QED) is 0.124. The predicted molar refractivity (Wildman–Crippen MR) is 162 cm³/mol. The highest BCUT2D eigenvalue weighted by Crippen LogP contribution is 2.38. The van der Waals surface area contributed by atoms with E-state index in [9.17, 15) is 15.3 Å². The average molecular weight is 574 g/mol. The Balaban J connectivity index is 1.81. The lowest BCUT2D eigenvalue weighted by Crippen LogP contribution is -2.03. The Morgan fingerprint density at radius 1 is 0.524 bits per heavy atom. The number of hydrogen-bond acceptors (Lipinski definition) is 9. The third-order valence-electron chi connectivity index (χ3n) is 6.55. The maximum absolute atomic E-state index is 10.9. The van der Waals surface area contributed by atoms with Gasteiger partial charge in [0.2, 0.25) is 0 Å². The van der Waals surface area contributed by atoms with Gasteiger partial charge in [0.1, 0.15) is 34.5 Å². The normalized spacial score (nSPS) is 10.9. The summed E-state index contributed by atoms with van der Waals surface area (Å²) in [4.78, 5) is 14.0. The van der Waals surface area contributed by atoms with Gasteiger partial charge in [0.15, 0.2) is 17.5 Å². The van der Waals surface area contributed by atoms with Crippen LogP contribution in [0.4, 0.5) is 0 Å². The number of rotatable bonds is 15. The van der Waals surface area contributed by atoms with Gasteiger partial charge in [-0.05, 0) is 55.7 Å². The highest BCUT2D eigenvalue weighted by Gasteiger charge is 2.20. The Bertz CT molecular complexity index is 1400. The summed E-state index contributed by atoms with van der Waals surface area (Å²) < 4.78 is 17.5. The summed E-state index contributed by atoms with van der Waals surface area (Å²) in [5, 5.41) is 32.1. The monoisotopic (exact) mass is 573 g/mol. The lowest BCUT2D eigenvalue weighted by atomic mass is 10.1. The predicted octanol–water partition coefficient (Wildman–Crippen LogP) is 7.53. The first kappa shape index (κ1) is 30.4. The van der Waals surface area contributed by atoms with Gasteiger partial charge >= 0.3 is 0 Å². The first-order valence-electron chi connectivity index (χ1n) is 14.6. The fraction of sp³-hybridized carbons (Fsp3) is 0.364. The van der Waals surface area contributed by atoms with Crippen LogP contribution in [-0.4, -0.2) is 50.1 Å². The molecule has 0 radical (unpaired) electrons. The molecule has 9 nitrogen and oxygen atoms in total. The summed E-state index contributed by atoms with van der Waals surface area (Å²) >= 11 is 0. The Hall–Kier alpha value is -4.53. The van der Waals surface area contributed by atoms with E-state index in [1.165, 1.54) is 24.3 Å². The van der Waals surface area contributed by atoms with E-state index < -0.39 is 0 Å². The molecule has 0 fully saturated rings. The third kappa shape index (κ3) is 7.81. The molecule has 0 aliphatic carbocycles. The Morgan fingerprint density at radius 2 is 0.952 bits per heavy atom. The van der Waals surface area contributed by atoms with Crippen LogP contribution in [0.25, 0.3) is 34.2 Å². The summed E-state index contributed by atoms with van der Waals surface area (Å²) in [5.41, 5.74) is 1.27. The van der Waals surface area contributed by atoms with Gasteiger partial charge in [0.05, 0.1) is 36.5 Å². The van der Waals surface area contributed by atoms with Gasteiger partial charge in [0, 0.05) is 18.2 Å². The molecule has 0 spiro atoms. The van der Waals surface area contributed by atoms with Crippen LogP contribution in [0.1, 0.15) is 59.3 Å². The highest BCUT2D eigenvalue weighted by atomic mass is 16.5. The average Bonchev–Trinajstić information content (AvgIpc) is 2.97. The zero-order valence-corrected chi connectivity index (χ0v) is 24.5. The Labute approximate surface area is 246 Å². The van der Waals surface area contributed by atoms with Gasteiger partial charge in [-0.15, -0.1) is 0 Å². The minimum atomic E-state index is -0.0545. The first-order chi connectivity index (χ1) is 20.4. The largest absolute Gasteiger partial charge is 0.508 e. The number of phenols is 3. The summed E-state index contributed by atoms with van der Waals surface area (Å²) in [6.07, 6.45) is 5.60. The first-order valence-corrected chi connectivity index (χ1v) is 14.6. The van der Waals surface area contributed by atoms with Crippen LogP contribution >= 0.6 is 0 Å². The molecular weight excluding hydrogens is 534 g/mol. The smallest absolute Gasteiger partial charge is 0.167 e. The summed E-state index contributed by atoms with van der Waals surface area (Å²) in [6.45, 7) is 7.79. The molecule has 0 amide bonds. The van der Waals surface area contributed by atoms with Crippen LogP contribution in [0.2, 0.25) is 0 Å². The van der Waals surface area contributed by atoms with E-state index in [4.69, 9.17) is 24.2 Å². The number of hydrogen-bond donors (Lipinski definition) is 3.